The third-order valence-electron chi connectivity index (χ3n) is 3.12. The normalized spacial score (nSPS) is 14.1. The molecular weight excluding hydrogens is 268 g/mol. The molecule has 4 nitrogen and oxygen atoms in total. The Morgan fingerprint density at radius 2 is 2.00 bits per heavy atom. The van der Waals surface area contributed by atoms with Crippen LogP contribution >= 0.6 is 11.6 Å². The highest BCUT2D eigenvalue weighted by molar-refractivity contribution is 6.37. The Hall–Kier alpha value is -1.78. The summed E-state index contributed by atoms with van der Waals surface area (Å²) in [4.78, 5) is 11.0. The minimum atomic E-state index is -1.93. The molecule has 0 heterocycles. The molecule has 0 saturated carbocycles. The number of methoxy groups -OCH3 is 1. The van der Waals surface area contributed by atoms with Gasteiger partial charge in [0.15, 0.2) is 5.60 Å². The predicted molar refractivity (Wildman–Crippen MR) is 72.7 cm³/mol. The maximum atomic E-state index is 11.0. The topological polar surface area (TPSA) is 66.8 Å². The summed E-state index contributed by atoms with van der Waals surface area (Å²) in [6.45, 7) is 1.24. The summed E-state index contributed by atoms with van der Waals surface area (Å²) >= 11 is 6.17. The molecule has 0 fully saturated rings. The summed E-state index contributed by atoms with van der Waals surface area (Å²) in [5.74, 6) is -0.752. The molecule has 100 valence electrons. The number of carbonyl (C=O) groups is 1. The largest absolute Gasteiger partial charge is 0.495 e. The average Bonchev–Trinajstić information content (AvgIpc) is 2.38. The first-order valence-corrected chi connectivity index (χ1v) is 5.98. The minimum Gasteiger partial charge on any atom is -0.495 e. The second-order valence-electron chi connectivity index (χ2n) is 4.40. The number of carboxylic acids is 1. The fraction of sp³-hybridized carbons (Fsp3) is 0.214. The molecule has 0 amide bonds. The SMILES string of the molecule is COc1ccc2cc(C(C)(O)C(=O)O)ccc2c1Cl. The van der Waals surface area contributed by atoms with Crippen LogP contribution in [0.15, 0.2) is 30.3 Å². The fourth-order valence-electron chi connectivity index (χ4n) is 1.86. The Morgan fingerprint density at radius 1 is 1.32 bits per heavy atom. The van der Waals surface area contributed by atoms with Gasteiger partial charge in [0.05, 0.1) is 12.1 Å². The van der Waals surface area contributed by atoms with Gasteiger partial charge in [-0.15, -0.1) is 0 Å². The summed E-state index contributed by atoms with van der Waals surface area (Å²) in [6, 6.07) is 8.29. The van der Waals surface area contributed by atoms with Crippen molar-refractivity contribution in [1.82, 2.24) is 0 Å². The van der Waals surface area contributed by atoms with Crippen LogP contribution in [0.3, 0.4) is 0 Å². The van der Waals surface area contributed by atoms with Crippen molar-refractivity contribution in [1.29, 1.82) is 0 Å². The Labute approximate surface area is 115 Å². The number of hydrogen-bond acceptors (Lipinski definition) is 3. The van der Waals surface area contributed by atoms with Crippen molar-refractivity contribution in [2.24, 2.45) is 0 Å². The van der Waals surface area contributed by atoms with Crippen molar-refractivity contribution < 1.29 is 19.7 Å². The van der Waals surface area contributed by atoms with Crippen molar-refractivity contribution in [3.63, 3.8) is 0 Å². The van der Waals surface area contributed by atoms with E-state index in [0.717, 1.165) is 10.8 Å². The molecule has 0 bridgehead atoms. The van der Waals surface area contributed by atoms with Crippen LogP contribution in [0, 0.1) is 0 Å². The molecule has 0 aliphatic rings. The van der Waals surface area contributed by atoms with Crippen molar-refractivity contribution >= 4 is 28.3 Å². The summed E-state index contributed by atoms with van der Waals surface area (Å²) in [5.41, 5.74) is -1.63. The van der Waals surface area contributed by atoms with E-state index < -0.39 is 11.6 Å². The van der Waals surface area contributed by atoms with E-state index in [1.54, 1.807) is 30.3 Å². The molecule has 2 aromatic carbocycles. The lowest BCUT2D eigenvalue weighted by Crippen LogP contribution is -2.31. The Kier molecular flexibility index (Phi) is 3.39. The third-order valence-corrected chi connectivity index (χ3v) is 3.51. The second kappa shape index (κ2) is 4.72. The lowest BCUT2D eigenvalue weighted by atomic mass is 9.94. The van der Waals surface area contributed by atoms with E-state index in [2.05, 4.69) is 0 Å². The molecule has 2 N–H and O–H groups in total. The van der Waals surface area contributed by atoms with Crippen molar-refractivity contribution in [2.75, 3.05) is 7.11 Å². The van der Waals surface area contributed by atoms with Crippen LogP contribution in [0.2, 0.25) is 5.02 Å². The van der Waals surface area contributed by atoms with Crippen LogP contribution in [0.5, 0.6) is 5.75 Å². The van der Waals surface area contributed by atoms with Crippen LogP contribution in [0.4, 0.5) is 0 Å². The van der Waals surface area contributed by atoms with Gasteiger partial charge in [0, 0.05) is 5.39 Å². The molecule has 19 heavy (non-hydrogen) atoms. The van der Waals surface area contributed by atoms with Gasteiger partial charge in [0.25, 0.3) is 0 Å². The average molecular weight is 281 g/mol. The highest BCUT2D eigenvalue weighted by atomic mass is 35.5. The van der Waals surface area contributed by atoms with Crippen LogP contribution in [0.25, 0.3) is 10.8 Å². The van der Waals surface area contributed by atoms with E-state index in [-0.39, 0.29) is 0 Å². The lowest BCUT2D eigenvalue weighted by molar-refractivity contribution is -0.157. The second-order valence-corrected chi connectivity index (χ2v) is 4.77. The smallest absolute Gasteiger partial charge is 0.340 e. The Bertz CT molecular complexity index is 649. The van der Waals surface area contributed by atoms with Crippen molar-refractivity contribution in [2.45, 2.75) is 12.5 Å². The van der Waals surface area contributed by atoms with E-state index in [0.29, 0.717) is 16.3 Å². The van der Waals surface area contributed by atoms with Gasteiger partial charge >= 0.3 is 5.97 Å². The van der Waals surface area contributed by atoms with Gasteiger partial charge in [-0.2, -0.15) is 0 Å². The fourth-order valence-corrected chi connectivity index (χ4v) is 2.17. The first kappa shape index (κ1) is 13.6. The van der Waals surface area contributed by atoms with Crippen molar-refractivity contribution in [3.8, 4) is 5.75 Å². The first-order valence-electron chi connectivity index (χ1n) is 5.60. The summed E-state index contributed by atoms with van der Waals surface area (Å²) < 4.78 is 5.11. The molecule has 5 heteroatoms. The zero-order valence-corrected chi connectivity index (χ0v) is 11.2. The van der Waals surface area contributed by atoms with E-state index >= 15 is 0 Å². The number of aliphatic carboxylic acids is 1. The molecule has 0 saturated heterocycles. The zero-order chi connectivity index (χ0) is 14.2. The number of carboxylic acid groups (broad SMARTS) is 1. The van der Waals surface area contributed by atoms with Crippen LogP contribution in [-0.4, -0.2) is 23.3 Å². The van der Waals surface area contributed by atoms with Crippen LogP contribution < -0.4 is 4.74 Å². The van der Waals surface area contributed by atoms with Crippen LogP contribution in [-0.2, 0) is 10.4 Å². The number of benzene rings is 2. The standard InChI is InChI=1S/C14H13ClO4/c1-14(18,13(16)17)9-4-5-10-8(7-9)3-6-11(19-2)12(10)15/h3-7,18H,1-2H3,(H,16,17). The number of ether oxygens (including phenoxy) is 1. The number of rotatable bonds is 3. The van der Waals surface area contributed by atoms with Gasteiger partial charge in [-0.1, -0.05) is 29.8 Å². The number of halogens is 1. The van der Waals surface area contributed by atoms with Gasteiger partial charge < -0.3 is 14.9 Å². The number of hydrogen-bond donors (Lipinski definition) is 2. The minimum absolute atomic E-state index is 0.300. The molecule has 2 aromatic rings. The molecule has 1 atom stereocenters. The zero-order valence-electron chi connectivity index (χ0n) is 10.5. The molecular formula is C14H13ClO4. The Balaban J connectivity index is 2.63. The molecule has 0 aliphatic heterocycles. The maximum Gasteiger partial charge on any atom is 0.340 e. The lowest BCUT2D eigenvalue weighted by Gasteiger charge is -2.19. The summed E-state index contributed by atoms with van der Waals surface area (Å²) in [7, 11) is 1.52. The molecule has 0 aliphatic carbocycles. The Morgan fingerprint density at radius 3 is 2.58 bits per heavy atom. The van der Waals surface area contributed by atoms with Gasteiger partial charge in [0.2, 0.25) is 0 Å². The quantitative estimate of drug-likeness (QED) is 0.907. The summed E-state index contributed by atoms with van der Waals surface area (Å²) in [6.07, 6.45) is 0. The monoisotopic (exact) mass is 280 g/mol. The third kappa shape index (κ3) is 2.25. The highest BCUT2D eigenvalue weighted by Crippen LogP contribution is 2.34. The van der Waals surface area contributed by atoms with Gasteiger partial charge in [-0.25, -0.2) is 4.79 Å². The van der Waals surface area contributed by atoms with E-state index in [1.807, 2.05) is 0 Å². The highest BCUT2D eigenvalue weighted by Gasteiger charge is 2.32. The van der Waals surface area contributed by atoms with Gasteiger partial charge in [-0.05, 0) is 30.0 Å². The van der Waals surface area contributed by atoms with Crippen molar-refractivity contribution in [3.05, 3.63) is 40.9 Å². The molecule has 2 rings (SSSR count). The molecule has 0 aromatic heterocycles. The van der Waals surface area contributed by atoms with Gasteiger partial charge in [0.1, 0.15) is 5.75 Å². The molecule has 0 radical (unpaired) electrons. The number of aliphatic hydroxyl groups is 1. The predicted octanol–water partition coefficient (Wildman–Crippen LogP) is 2.79. The van der Waals surface area contributed by atoms with E-state index in [9.17, 15) is 9.90 Å². The van der Waals surface area contributed by atoms with E-state index in [1.165, 1.54) is 14.0 Å². The number of fused-ring (bicyclic) bond motifs is 1. The maximum absolute atomic E-state index is 11.0. The molecule has 1 unspecified atom stereocenters. The van der Waals surface area contributed by atoms with Crippen LogP contribution in [0.1, 0.15) is 12.5 Å². The molecule has 0 spiro atoms. The van der Waals surface area contributed by atoms with E-state index in [4.69, 9.17) is 21.4 Å². The first-order chi connectivity index (χ1) is 8.87. The summed E-state index contributed by atoms with van der Waals surface area (Å²) in [5, 5.41) is 20.9. The van der Waals surface area contributed by atoms with Gasteiger partial charge in [-0.3, -0.25) is 0 Å².